The number of hydrogen-bond donors (Lipinski definition) is 3. The van der Waals surface area contributed by atoms with Gasteiger partial charge in [0.1, 0.15) is 0 Å². The Kier molecular flexibility index (Phi) is 1.71. The Morgan fingerprint density at radius 1 is 1.29 bits per heavy atom. The van der Waals surface area contributed by atoms with Gasteiger partial charge in [0.25, 0.3) is 0 Å². The van der Waals surface area contributed by atoms with Crippen molar-refractivity contribution < 1.29 is 10.2 Å². The molecule has 1 aromatic carbocycles. The van der Waals surface area contributed by atoms with Gasteiger partial charge in [-0.2, -0.15) is 0 Å². The third-order valence-electron chi connectivity index (χ3n) is 2.89. The third-order valence-corrected chi connectivity index (χ3v) is 2.89. The molecule has 0 aliphatic heterocycles. The molecule has 0 heterocycles. The van der Waals surface area contributed by atoms with Gasteiger partial charge in [-0.15, -0.1) is 0 Å². The van der Waals surface area contributed by atoms with Crippen molar-refractivity contribution in [1.29, 1.82) is 0 Å². The maximum atomic E-state index is 9.35. The fraction of sp³-hybridized carbons (Fsp3) is 0.273. The zero-order valence-corrected chi connectivity index (χ0v) is 7.83. The molecule has 2 rings (SSSR count). The van der Waals surface area contributed by atoms with E-state index < -0.39 is 0 Å². The van der Waals surface area contributed by atoms with Crippen LogP contribution in [0.2, 0.25) is 0 Å². The number of benzene rings is 1. The molecule has 0 bridgehead atoms. The second-order valence-corrected chi connectivity index (χ2v) is 3.81. The van der Waals surface area contributed by atoms with Crippen LogP contribution in [0.4, 0.5) is 0 Å². The summed E-state index contributed by atoms with van der Waals surface area (Å²) in [5.74, 6) is -0.206. The molecule has 4 N–H and O–H groups in total. The van der Waals surface area contributed by atoms with Gasteiger partial charge in [-0.3, -0.25) is 0 Å². The molecular weight excluding hydrogens is 178 g/mol. The minimum Gasteiger partial charge on any atom is -0.504 e. The molecule has 1 aromatic rings. The van der Waals surface area contributed by atoms with Gasteiger partial charge in [-0.05, 0) is 30.5 Å². The molecule has 14 heavy (non-hydrogen) atoms. The summed E-state index contributed by atoms with van der Waals surface area (Å²) in [5.41, 5.74) is 7.11. The summed E-state index contributed by atoms with van der Waals surface area (Å²) in [7, 11) is 0. The smallest absolute Gasteiger partial charge is 0.157 e. The zero-order chi connectivity index (χ0) is 10.3. The number of phenols is 2. The van der Waals surface area contributed by atoms with Crippen LogP contribution in [0.3, 0.4) is 0 Å². The summed E-state index contributed by atoms with van der Waals surface area (Å²) in [5, 5.41) is 18.5. The largest absolute Gasteiger partial charge is 0.504 e. The number of hydrogen-bond acceptors (Lipinski definition) is 3. The first kappa shape index (κ1) is 8.94. The van der Waals surface area contributed by atoms with Crippen LogP contribution < -0.4 is 5.73 Å². The molecule has 74 valence electrons. The summed E-state index contributed by atoms with van der Waals surface area (Å²) in [4.78, 5) is 0. The van der Waals surface area contributed by atoms with E-state index in [0.717, 1.165) is 18.4 Å². The van der Waals surface area contributed by atoms with Crippen molar-refractivity contribution in [2.75, 3.05) is 0 Å². The van der Waals surface area contributed by atoms with Crippen molar-refractivity contribution in [1.82, 2.24) is 0 Å². The number of allylic oxidation sites excluding steroid dienone is 1. The van der Waals surface area contributed by atoms with E-state index in [-0.39, 0.29) is 16.9 Å². The maximum absolute atomic E-state index is 9.35. The topological polar surface area (TPSA) is 66.5 Å². The van der Waals surface area contributed by atoms with Gasteiger partial charge in [0.05, 0.1) is 0 Å². The highest BCUT2D eigenvalue weighted by atomic mass is 16.3. The molecular formula is C11H13NO2. The molecule has 3 heteroatoms. The van der Waals surface area contributed by atoms with Crippen molar-refractivity contribution in [2.24, 2.45) is 5.73 Å². The molecule has 1 aliphatic rings. The lowest BCUT2D eigenvalue weighted by molar-refractivity contribution is 0.402. The van der Waals surface area contributed by atoms with Crippen LogP contribution in [0, 0.1) is 0 Å². The molecule has 1 fully saturated rings. The van der Waals surface area contributed by atoms with Crippen molar-refractivity contribution in [3.8, 4) is 11.5 Å². The van der Waals surface area contributed by atoms with Crippen molar-refractivity contribution in [3.63, 3.8) is 0 Å². The summed E-state index contributed by atoms with van der Waals surface area (Å²) in [6.45, 7) is 3.75. The van der Waals surface area contributed by atoms with Crippen molar-refractivity contribution in [3.05, 3.63) is 36.0 Å². The second-order valence-electron chi connectivity index (χ2n) is 3.81. The second kappa shape index (κ2) is 2.67. The Bertz CT molecular complexity index is 394. The van der Waals surface area contributed by atoms with Crippen LogP contribution in [0.1, 0.15) is 18.4 Å². The van der Waals surface area contributed by atoms with Crippen LogP contribution in [0.5, 0.6) is 11.5 Å². The maximum Gasteiger partial charge on any atom is 0.157 e. The Balaban J connectivity index is 2.43. The van der Waals surface area contributed by atoms with Crippen molar-refractivity contribution >= 4 is 0 Å². The fourth-order valence-electron chi connectivity index (χ4n) is 1.74. The molecule has 0 unspecified atom stereocenters. The first-order valence-electron chi connectivity index (χ1n) is 4.53. The standard InChI is InChI=1S/C11H13NO2/c1-7(12)11(4-5-11)8-2-3-9(13)10(14)6-8/h2-3,6,13-14H,1,4-5,12H2. The van der Waals surface area contributed by atoms with Crippen LogP contribution >= 0.6 is 0 Å². The summed E-state index contributed by atoms with van der Waals surface area (Å²) >= 11 is 0. The summed E-state index contributed by atoms with van der Waals surface area (Å²) in [6, 6.07) is 4.81. The van der Waals surface area contributed by atoms with E-state index in [0.29, 0.717) is 5.70 Å². The first-order chi connectivity index (χ1) is 6.56. The van der Waals surface area contributed by atoms with Crippen LogP contribution in [0.25, 0.3) is 0 Å². The average molecular weight is 191 g/mol. The number of phenolic OH excluding ortho intramolecular Hbond substituents is 2. The van der Waals surface area contributed by atoms with E-state index in [2.05, 4.69) is 6.58 Å². The van der Waals surface area contributed by atoms with E-state index in [9.17, 15) is 5.11 Å². The molecule has 3 nitrogen and oxygen atoms in total. The Labute approximate surface area is 82.5 Å². The third kappa shape index (κ3) is 1.13. The lowest BCUT2D eigenvalue weighted by Gasteiger charge is -2.15. The van der Waals surface area contributed by atoms with E-state index in [1.54, 1.807) is 12.1 Å². The minimum atomic E-state index is -0.162. The lowest BCUT2D eigenvalue weighted by atomic mass is 9.93. The molecule has 0 radical (unpaired) electrons. The van der Waals surface area contributed by atoms with E-state index in [4.69, 9.17) is 10.8 Å². The molecule has 0 aromatic heterocycles. The zero-order valence-electron chi connectivity index (χ0n) is 7.83. The SMILES string of the molecule is C=C(N)C1(c2ccc(O)c(O)c2)CC1. The normalized spacial score (nSPS) is 17.7. The van der Waals surface area contributed by atoms with Crippen LogP contribution in [0.15, 0.2) is 30.5 Å². The van der Waals surface area contributed by atoms with E-state index in [1.807, 2.05) is 0 Å². The predicted molar refractivity (Wildman–Crippen MR) is 54.0 cm³/mol. The van der Waals surface area contributed by atoms with Crippen molar-refractivity contribution in [2.45, 2.75) is 18.3 Å². The van der Waals surface area contributed by atoms with Gasteiger partial charge >= 0.3 is 0 Å². The monoisotopic (exact) mass is 191 g/mol. The molecule has 1 aliphatic carbocycles. The lowest BCUT2D eigenvalue weighted by Crippen LogP contribution is -2.15. The van der Waals surface area contributed by atoms with Gasteiger partial charge < -0.3 is 15.9 Å². The fourth-order valence-corrected chi connectivity index (χ4v) is 1.74. The van der Waals surface area contributed by atoms with Gasteiger partial charge in [-0.25, -0.2) is 0 Å². The summed E-state index contributed by atoms with van der Waals surface area (Å²) in [6.07, 6.45) is 1.93. The van der Waals surface area contributed by atoms with E-state index in [1.165, 1.54) is 6.07 Å². The molecule has 1 saturated carbocycles. The molecule has 0 spiro atoms. The minimum absolute atomic E-state index is 0.102. The van der Waals surface area contributed by atoms with Gasteiger partial charge in [-0.1, -0.05) is 12.6 Å². The number of aromatic hydroxyl groups is 2. The quantitative estimate of drug-likeness (QED) is 0.622. The van der Waals surface area contributed by atoms with Gasteiger partial charge in [0.2, 0.25) is 0 Å². The molecule has 0 saturated heterocycles. The summed E-state index contributed by atoms with van der Waals surface area (Å²) < 4.78 is 0. The molecule has 0 atom stereocenters. The van der Waals surface area contributed by atoms with Crippen LogP contribution in [-0.4, -0.2) is 10.2 Å². The molecule has 0 amide bonds. The highest BCUT2D eigenvalue weighted by Crippen LogP contribution is 2.52. The van der Waals surface area contributed by atoms with Gasteiger partial charge in [0.15, 0.2) is 11.5 Å². The Morgan fingerprint density at radius 2 is 1.93 bits per heavy atom. The Hall–Kier alpha value is -1.64. The highest BCUT2D eigenvalue weighted by Gasteiger charge is 2.46. The first-order valence-corrected chi connectivity index (χ1v) is 4.53. The van der Waals surface area contributed by atoms with Gasteiger partial charge in [0, 0.05) is 11.1 Å². The van der Waals surface area contributed by atoms with E-state index >= 15 is 0 Å². The predicted octanol–water partition coefficient (Wildman–Crippen LogP) is 1.60. The average Bonchev–Trinajstić information content (AvgIpc) is 2.90. The van der Waals surface area contributed by atoms with Crippen LogP contribution in [-0.2, 0) is 5.41 Å². The number of rotatable bonds is 2. The highest BCUT2D eigenvalue weighted by molar-refractivity contribution is 5.48. The Morgan fingerprint density at radius 3 is 2.36 bits per heavy atom. The number of nitrogens with two attached hydrogens (primary N) is 1.